The van der Waals surface area contributed by atoms with Crippen molar-refractivity contribution in [1.82, 2.24) is 0 Å². The highest BCUT2D eigenvalue weighted by Crippen LogP contribution is 2.40. The number of carbonyl (C=O) groups is 1. The highest BCUT2D eigenvalue weighted by Gasteiger charge is 2.45. The van der Waals surface area contributed by atoms with Gasteiger partial charge in [-0.2, -0.15) is 0 Å². The number of carboxylic acids is 1. The van der Waals surface area contributed by atoms with Gasteiger partial charge in [0.2, 0.25) is 0 Å². The van der Waals surface area contributed by atoms with Crippen molar-refractivity contribution >= 4 is 5.97 Å². The Labute approximate surface area is 83.2 Å². The van der Waals surface area contributed by atoms with Crippen LogP contribution in [0.5, 0.6) is 0 Å². The van der Waals surface area contributed by atoms with E-state index in [1.54, 1.807) is 0 Å². The van der Waals surface area contributed by atoms with Gasteiger partial charge in [0.15, 0.2) is 6.10 Å². The van der Waals surface area contributed by atoms with Crippen molar-refractivity contribution in [3.63, 3.8) is 0 Å². The van der Waals surface area contributed by atoms with Gasteiger partial charge in [0, 0.05) is 13.0 Å². The molecule has 2 saturated heterocycles. The molecular formula is C10H16O4. The lowest BCUT2D eigenvalue weighted by Crippen LogP contribution is -2.40. The van der Waals surface area contributed by atoms with Crippen LogP contribution in [-0.4, -0.2) is 35.5 Å². The van der Waals surface area contributed by atoms with Gasteiger partial charge < -0.3 is 14.6 Å². The van der Waals surface area contributed by atoms with Gasteiger partial charge in [0.25, 0.3) is 0 Å². The summed E-state index contributed by atoms with van der Waals surface area (Å²) in [6.07, 6.45) is 2.76. The number of hydrogen-bond acceptors (Lipinski definition) is 3. The molecule has 0 aromatic rings. The van der Waals surface area contributed by atoms with Crippen LogP contribution in [0.1, 0.15) is 32.6 Å². The fourth-order valence-corrected chi connectivity index (χ4v) is 2.45. The van der Waals surface area contributed by atoms with Crippen LogP contribution in [0, 0.1) is 0 Å². The summed E-state index contributed by atoms with van der Waals surface area (Å²) in [5.74, 6) is -0.832. The Hall–Kier alpha value is -0.610. The van der Waals surface area contributed by atoms with Gasteiger partial charge in [-0.15, -0.1) is 0 Å². The minimum Gasteiger partial charge on any atom is -0.479 e. The summed E-state index contributed by atoms with van der Waals surface area (Å²) in [6.45, 7) is 2.70. The smallest absolute Gasteiger partial charge is 0.332 e. The third-order valence-corrected chi connectivity index (χ3v) is 3.15. The van der Waals surface area contributed by atoms with Gasteiger partial charge in [-0.25, -0.2) is 4.79 Å². The van der Waals surface area contributed by atoms with Crippen molar-refractivity contribution in [1.29, 1.82) is 0 Å². The molecular weight excluding hydrogens is 184 g/mol. The van der Waals surface area contributed by atoms with E-state index < -0.39 is 12.1 Å². The van der Waals surface area contributed by atoms with E-state index in [0.29, 0.717) is 13.0 Å². The maximum absolute atomic E-state index is 10.8. The summed E-state index contributed by atoms with van der Waals surface area (Å²) >= 11 is 0. The Morgan fingerprint density at radius 3 is 2.86 bits per heavy atom. The second-order valence-corrected chi connectivity index (χ2v) is 4.30. The summed E-state index contributed by atoms with van der Waals surface area (Å²) < 4.78 is 11.1. The van der Waals surface area contributed by atoms with Crippen molar-refractivity contribution in [3.8, 4) is 0 Å². The van der Waals surface area contributed by atoms with Crippen LogP contribution >= 0.6 is 0 Å². The van der Waals surface area contributed by atoms with Crippen LogP contribution in [0.2, 0.25) is 0 Å². The Morgan fingerprint density at radius 2 is 2.29 bits per heavy atom. The first kappa shape index (κ1) is 9.93. The van der Waals surface area contributed by atoms with Gasteiger partial charge in [0.05, 0.1) is 11.7 Å². The van der Waals surface area contributed by atoms with Gasteiger partial charge in [0.1, 0.15) is 0 Å². The highest BCUT2D eigenvalue weighted by atomic mass is 16.5. The minimum atomic E-state index is -0.832. The third kappa shape index (κ3) is 1.77. The summed E-state index contributed by atoms with van der Waals surface area (Å²) in [4.78, 5) is 10.8. The molecule has 3 unspecified atom stereocenters. The van der Waals surface area contributed by atoms with Crippen LogP contribution < -0.4 is 0 Å². The molecule has 0 aromatic carbocycles. The lowest BCUT2D eigenvalue weighted by atomic mass is 9.88. The van der Waals surface area contributed by atoms with E-state index in [2.05, 4.69) is 0 Å². The first-order valence-electron chi connectivity index (χ1n) is 5.14. The van der Waals surface area contributed by atoms with E-state index in [1.807, 2.05) is 6.92 Å². The zero-order valence-corrected chi connectivity index (χ0v) is 8.36. The lowest BCUT2D eigenvalue weighted by molar-refractivity contribution is -0.165. The van der Waals surface area contributed by atoms with Crippen molar-refractivity contribution in [3.05, 3.63) is 0 Å². The Bertz CT molecular complexity index is 240. The lowest BCUT2D eigenvalue weighted by Gasteiger charge is -2.36. The molecule has 2 heterocycles. The molecule has 14 heavy (non-hydrogen) atoms. The van der Waals surface area contributed by atoms with Crippen molar-refractivity contribution in [2.75, 3.05) is 6.61 Å². The minimum absolute atomic E-state index is 0.191. The Morgan fingerprint density at radius 1 is 1.50 bits per heavy atom. The van der Waals surface area contributed by atoms with E-state index >= 15 is 0 Å². The third-order valence-electron chi connectivity index (χ3n) is 3.15. The van der Waals surface area contributed by atoms with Crippen LogP contribution in [-0.2, 0) is 14.3 Å². The topological polar surface area (TPSA) is 55.8 Å². The first-order chi connectivity index (χ1) is 6.61. The van der Waals surface area contributed by atoms with Crippen molar-refractivity contribution in [2.45, 2.75) is 50.4 Å². The quantitative estimate of drug-likeness (QED) is 0.690. The van der Waals surface area contributed by atoms with Gasteiger partial charge in [-0.1, -0.05) is 0 Å². The molecule has 2 fully saturated rings. The summed E-state index contributed by atoms with van der Waals surface area (Å²) in [5, 5.41) is 8.84. The van der Waals surface area contributed by atoms with Crippen molar-refractivity contribution < 1.29 is 19.4 Å². The first-order valence-corrected chi connectivity index (χ1v) is 5.14. The number of carboxylic acid groups (broad SMARTS) is 1. The Balaban J connectivity index is 2.01. The molecule has 0 saturated carbocycles. The average molecular weight is 200 g/mol. The summed E-state index contributed by atoms with van der Waals surface area (Å²) in [7, 11) is 0. The standard InChI is InChI=1S/C10H16O4/c1-7-6-10(4-5-13-7)3-2-8(14-10)9(11)12/h7-8H,2-6H2,1H3,(H,11,12). The van der Waals surface area contributed by atoms with E-state index in [9.17, 15) is 4.79 Å². The second kappa shape index (κ2) is 3.51. The maximum atomic E-state index is 10.8. The molecule has 4 heteroatoms. The Kier molecular flexibility index (Phi) is 2.49. The molecule has 0 aliphatic carbocycles. The molecule has 1 spiro atoms. The molecule has 2 rings (SSSR count). The second-order valence-electron chi connectivity index (χ2n) is 4.30. The number of aliphatic carboxylic acids is 1. The van der Waals surface area contributed by atoms with E-state index in [1.165, 1.54) is 0 Å². The fourth-order valence-electron chi connectivity index (χ4n) is 2.45. The molecule has 0 bridgehead atoms. The van der Waals surface area contributed by atoms with Crippen LogP contribution in [0.4, 0.5) is 0 Å². The normalized spacial score (nSPS) is 42.9. The molecule has 4 nitrogen and oxygen atoms in total. The van der Waals surface area contributed by atoms with Crippen molar-refractivity contribution in [2.24, 2.45) is 0 Å². The van der Waals surface area contributed by atoms with Crippen LogP contribution in [0.3, 0.4) is 0 Å². The zero-order chi connectivity index (χ0) is 10.2. The highest BCUT2D eigenvalue weighted by molar-refractivity contribution is 5.72. The van der Waals surface area contributed by atoms with Gasteiger partial charge in [-0.3, -0.25) is 0 Å². The SMILES string of the molecule is CC1CC2(CCO1)CCC(C(=O)O)O2. The largest absolute Gasteiger partial charge is 0.479 e. The molecule has 0 aromatic heterocycles. The van der Waals surface area contributed by atoms with E-state index in [0.717, 1.165) is 19.3 Å². The molecule has 2 aliphatic rings. The predicted octanol–water partition coefficient (Wildman–Crippen LogP) is 1.19. The fraction of sp³-hybridized carbons (Fsp3) is 0.900. The van der Waals surface area contributed by atoms with Crippen LogP contribution in [0.15, 0.2) is 0 Å². The van der Waals surface area contributed by atoms with Gasteiger partial charge in [-0.05, 0) is 26.2 Å². The molecule has 0 radical (unpaired) electrons. The molecule has 2 aliphatic heterocycles. The van der Waals surface area contributed by atoms with E-state index in [-0.39, 0.29) is 11.7 Å². The van der Waals surface area contributed by atoms with Crippen LogP contribution in [0.25, 0.3) is 0 Å². The maximum Gasteiger partial charge on any atom is 0.332 e. The van der Waals surface area contributed by atoms with Gasteiger partial charge >= 0.3 is 5.97 Å². The number of hydrogen-bond donors (Lipinski definition) is 1. The number of ether oxygens (including phenoxy) is 2. The predicted molar refractivity (Wildman–Crippen MR) is 49.1 cm³/mol. The number of rotatable bonds is 1. The molecule has 80 valence electrons. The zero-order valence-electron chi connectivity index (χ0n) is 8.36. The summed E-state index contributed by atoms with van der Waals surface area (Å²) in [5.41, 5.74) is -0.208. The molecule has 0 amide bonds. The molecule has 3 atom stereocenters. The van der Waals surface area contributed by atoms with E-state index in [4.69, 9.17) is 14.6 Å². The summed E-state index contributed by atoms with van der Waals surface area (Å²) in [6, 6.07) is 0. The monoisotopic (exact) mass is 200 g/mol. The average Bonchev–Trinajstić information content (AvgIpc) is 2.49. The molecule has 1 N–H and O–H groups in total.